The number of rotatable bonds is 4. The number of ketones is 1. The van der Waals surface area contributed by atoms with E-state index in [2.05, 4.69) is 10.2 Å². The van der Waals surface area contributed by atoms with Crippen LogP contribution < -0.4 is 4.90 Å². The van der Waals surface area contributed by atoms with Crippen LogP contribution in [0.1, 0.15) is 45.4 Å². The van der Waals surface area contributed by atoms with Gasteiger partial charge in [-0.15, -0.1) is 10.2 Å². The summed E-state index contributed by atoms with van der Waals surface area (Å²) in [5.41, 5.74) is 0. The highest BCUT2D eigenvalue weighted by Crippen LogP contribution is 2.38. The zero-order valence-electron chi connectivity index (χ0n) is 11.4. The quantitative estimate of drug-likeness (QED) is 0.800. The number of hydrogen-bond donors (Lipinski definition) is 0. The highest BCUT2D eigenvalue weighted by molar-refractivity contribution is 8.02. The molecule has 2 aliphatic carbocycles. The van der Waals surface area contributed by atoms with E-state index >= 15 is 0 Å². The summed E-state index contributed by atoms with van der Waals surface area (Å²) in [6.07, 6.45) is 5.82. The molecule has 1 amide bonds. The van der Waals surface area contributed by atoms with Crippen LogP contribution >= 0.6 is 23.1 Å². The van der Waals surface area contributed by atoms with E-state index in [0.717, 1.165) is 36.4 Å². The third-order valence-corrected chi connectivity index (χ3v) is 5.92. The first-order chi connectivity index (χ1) is 9.65. The first-order valence-electron chi connectivity index (χ1n) is 6.98. The van der Waals surface area contributed by atoms with Gasteiger partial charge in [-0.25, -0.2) is 0 Å². The van der Waals surface area contributed by atoms with Crippen molar-refractivity contribution in [2.45, 2.75) is 61.1 Å². The molecule has 3 rings (SSSR count). The van der Waals surface area contributed by atoms with Crippen LogP contribution in [-0.4, -0.2) is 33.2 Å². The Kier molecular flexibility index (Phi) is 4.07. The number of hydrogen-bond acceptors (Lipinski definition) is 6. The molecule has 20 heavy (non-hydrogen) atoms. The minimum atomic E-state index is 0.0222. The highest BCUT2D eigenvalue weighted by Gasteiger charge is 2.34. The SMILES string of the molecule is CC(=O)N(c1nnc(SC2CCCCC2=O)s1)C1CC1. The standard InChI is InChI=1S/C13H17N3O2S2/c1-8(17)16(9-6-7-9)12-14-15-13(20-12)19-11-5-3-2-4-10(11)18/h9,11H,2-7H2,1H3. The van der Waals surface area contributed by atoms with Crippen molar-refractivity contribution in [3.05, 3.63) is 0 Å². The van der Waals surface area contributed by atoms with Crippen molar-refractivity contribution in [1.82, 2.24) is 10.2 Å². The van der Waals surface area contributed by atoms with Gasteiger partial charge >= 0.3 is 0 Å². The lowest BCUT2D eigenvalue weighted by Gasteiger charge is -2.18. The van der Waals surface area contributed by atoms with Gasteiger partial charge in [0, 0.05) is 19.4 Å². The number of anilines is 1. The van der Waals surface area contributed by atoms with Crippen LogP contribution in [-0.2, 0) is 9.59 Å². The van der Waals surface area contributed by atoms with Crippen LogP contribution in [0.4, 0.5) is 5.13 Å². The maximum Gasteiger partial charge on any atom is 0.225 e. The molecule has 7 heteroatoms. The molecule has 0 saturated heterocycles. The average Bonchev–Trinajstić information content (AvgIpc) is 3.12. The van der Waals surface area contributed by atoms with Crippen molar-refractivity contribution in [2.24, 2.45) is 0 Å². The van der Waals surface area contributed by atoms with Crippen LogP contribution in [0.3, 0.4) is 0 Å². The van der Waals surface area contributed by atoms with E-state index in [1.54, 1.807) is 11.8 Å². The van der Waals surface area contributed by atoms with Crippen molar-refractivity contribution in [2.75, 3.05) is 4.90 Å². The molecule has 1 heterocycles. The van der Waals surface area contributed by atoms with E-state index in [-0.39, 0.29) is 11.2 Å². The Labute approximate surface area is 126 Å². The summed E-state index contributed by atoms with van der Waals surface area (Å²) in [5.74, 6) is 0.345. The monoisotopic (exact) mass is 311 g/mol. The highest BCUT2D eigenvalue weighted by atomic mass is 32.2. The lowest BCUT2D eigenvalue weighted by atomic mass is 9.99. The maximum absolute atomic E-state index is 11.8. The summed E-state index contributed by atoms with van der Waals surface area (Å²) in [4.78, 5) is 25.3. The van der Waals surface area contributed by atoms with Crippen molar-refractivity contribution in [1.29, 1.82) is 0 Å². The minimum absolute atomic E-state index is 0.0222. The topological polar surface area (TPSA) is 63.2 Å². The summed E-state index contributed by atoms with van der Waals surface area (Å²) in [5, 5.41) is 8.97. The summed E-state index contributed by atoms with van der Waals surface area (Å²) < 4.78 is 0.798. The van der Waals surface area contributed by atoms with Gasteiger partial charge in [-0.3, -0.25) is 14.5 Å². The summed E-state index contributed by atoms with van der Waals surface area (Å²) in [7, 11) is 0. The van der Waals surface area contributed by atoms with Gasteiger partial charge in [0.1, 0.15) is 5.78 Å². The number of thioether (sulfide) groups is 1. The molecule has 5 nitrogen and oxygen atoms in total. The van der Waals surface area contributed by atoms with Gasteiger partial charge < -0.3 is 0 Å². The Morgan fingerprint density at radius 3 is 2.75 bits per heavy atom. The van der Waals surface area contributed by atoms with Crippen LogP contribution in [0.5, 0.6) is 0 Å². The van der Waals surface area contributed by atoms with Gasteiger partial charge in [-0.2, -0.15) is 0 Å². The Balaban J connectivity index is 1.69. The first kappa shape index (κ1) is 14.0. The molecule has 2 fully saturated rings. The maximum atomic E-state index is 11.8. The van der Waals surface area contributed by atoms with Crippen molar-refractivity contribution < 1.29 is 9.59 Å². The molecule has 0 N–H and O–H groups in total. The van der Waals surface area contributed by atoms with E-state index in [0.29, 0.717) is 23.4 Å². The van der Waals surface area contributed by atoms with Crippen molar-refractivity contribution in [3.63, 3.8) is 0 Å². The molecule has 1 aromatic rings. The molecular weight excluding hydrogens is 294 g/mol. The predicted octanol–water partition coefficient (Wildman–Crippen LogP) is 2.66. The number of carbonyl (C=O) groups excluding carboxylic acids is 2. The third kappa shape index (κ3) is 3.03. The Bertz CT molecular complexity index is 527. The van der Waals surface area contributed by atoms with E-state index in [1.165, 1.54) is 23.1 Å². The number of aromatic nitrogens is 2. The molecule has 1 atom stereocenters. The van der Waals surface area contributed by atoms with Gasteiger partial charge in [0.25, 0.3) is 0 Å². The lowest BCUT2D eigenvalue weighted by Crippen LogP contribution is -2.30. The van der Waals surface area contributed by atoms with E-state index in [4.69, 9.17) is 0 Å². The number of nitrogens with zero attached hydrogens (tertiary/aromatic N) is 3. The molecule has 0 aliphatic heterocycles. The Morgan fingerprint density at radius 1 is 1.30 bits per heavy atom. The van der Waals surface area contributed by atoms with Gasteiger partial charge in [-0.1, -0.05) is 29.5 Å². The fourth-order valence-corrected chi connectivity index (χ4v) is 4.75. The largest absolute Gasteiger partial charge is 0.298 e. The number of Topliss-reactive ketones (excluding diaryl/α,β-unsaturated/α-hetero) is 1. The van der Waals surface area contributed by atoms with Crippen LogP contribution in [0.15, 0.2) is 4.34 Å². The van der Waals surface area contributed by atoms with Gasteiger partial charge in [0.2, 0.25) is 11.0 Å². The normalized spacial score (nSPS) is 22.9. The van der Waals surface area contributed by atoms with Crippen molar-refractivity contribution in [3.8, 4) is 0 Å². The first-order valence-corrected chi connectivity index (χ1v) is 8.67. The molecule has 0 bridgehead atoms. The summed E-state index contributed by atoms with van der Waals surface area (Å²) >= 11 is 2.94. The fraction of sp³-hybridized carbons (Fsp3) is 0.692. The molecule has 0 radical (unpaired) electrons. The molecular formula is C13H17N3O2S2. The molecule has 2 saturated carbocycles. The van der Waals surface area contributed by atoms with Gasteiger partial charge in [0.05, 0.1) is 5.25 Å². The number of amides is 1. The second-order valence-corrected chi connectivity index (χ2v) is 7.70. The minimum Gasteiger partial charge on any atom is -0.298 e. The summed E-state index contributed by atoms with van der Waals surface area (Å²) in [6, 6.07) is 0.301. The molecule has 108 valence electrons. The van der Waals surface area contributed by atoms with E-state index < -0.39 is 0 Å². The van der Waals surface area contributed by atoms with Crippen LogP contribution in [0.2, 0.25) is 0 Å². The van der Waals surface area contributed by atoms with Crippen molar-refractivity contribution >= 4 is 39.9 Å². The zero-order valence-corrected chi connectivity index (χ0v) is 13.0. The predicted molar refractivity (Wildman–Crippen MR) is 79.2 cm³/mol. The Morgan fingerprint density at radius 2 is 2.10 bits per heavy atom. The van der Waals surface area contributed by atoms with Gasteiger partial charge in [0.15, 0.2) is 4.34 Å². The molecule has 0 spiro atoms. The van der Waals surface area contributed by atoms with Crippen LogP contribution in [0, 0.1) is 0 Å². The number of carbonyl (C=O) groups is 2. The van der Waals surface area contributed by atoms with Gasteiger partial charge in [-0.05, 0) is 25.7 Å². The van der Waals surface area contributed by atoms with Crippen LogP contribution in [0.25, 0.3) is 0 Å². The summed E-state index contributed by atoms with van der Waals surface area (Å²) in [6.45, 7) is 1.57. The second kappa shape index (κ2) is 5.81. The fourth-order valence-electron chi connectivity index (χ4n) is 2.43. The smallest absolute Gasteiger partial charge is 0.225 e. The molecule has 2 aliphatic rings. The molecule has 1 unspecified atom stereocenters. The zero-order chi connectivity index (χ0) is 14.1. The van der Waals surface area contributed by atoms with E-state index in [1.807, 2.05) is 0 Å². The molecule has 0 aromatic carbocycles. The van der Waals surface area contributed by atoms with E-state index in [9.17, 15) is 9.59 Å². The lowest BCUT2D eigenvalue weighted by molar-refractivity contribution is -0.119. The molecule has 1 aromatic heterocycles. The second-order valence-electron chi connectivity index (χ2n) is 5.29. The third-order valence-electron chi connectivity index (χ3n) is 3.59. The Hall–Kier alpha value is -0.950. The average molecular weight is 311 g/mol.